The molecule has 0 saturated heterocycles. The number of nitrogens with zero attached hydrogens (tertiary/aromatic N) is 2. The average Bonchev–Trinajstić information content (AvgIpc) is 3.68. The number of ketones is 1. The summed E-state index contributed by atoms with van der Waals surface area (Å²) in [6.45, 7) is 0. The average molecular weight is 517 g/mol. The first-order chi connectivity index (χ1) is 17.6. The molecule has 0 amide bonds. The van der Waals surface area contributed by atoms with Gasteiger partial charge in [0.15, 0.2) is 17.3 Å². The fraction of sp³-hybridized carbons (Fsp3) is 0.0741. The number of hydrogen-bond donors (Lipinski definition) is 0. The van der Waals surface area contributed by atoms with Crippen LogP contribution in [0.25, 0.3) is 21.2 Å². The maximum absolute atomic E-state index is 13.3. The summed E-state index contributed by atoms with van der Waals surface area (Å²) >= 11 is 2.94. The van der Waals surface area contributed by atoms with E-state index in [4.69, 9.17) is 17.7 Å². The van der Waals surface area contributed by atoms with E-state index in [0.29, 0.717) is 23.0 Å². The Hall–Kier alpha value is -3.95. The second kappa shape index (κ2) is 9.25. The van der Waals surface area contributed by atoms with Crippen molar-refractivity contribution >= 4 is 50.5 Å². The highest BCUT2D eigenvalue weighted by Crippen LogP contribution is 2.51. The highest BCUT2D eigenvalue weighted by atomic mass is 32.2. The maximum Gasteiger partial charge on any atom is 0.183 e. The number of thioether (sulfide) groups is 2. The molecule has 36 heavy (non-hydrogen) atoms. The smallest absolute Gasteiger partial charge is 0.183 e. The quantitative estimate of drug-likeness (QED) is 0.251. The molecule has 6 heterocycles. The Morgan fingerprint density at radius 2 is 1.00 bits per heavy atom. The first-order valence-electron chi connectivity index (χ1n) is 11.0. The van der Waals surface area contributed by atoms with Crippen molar-refractivity contribution in [1.82, 2.24) is 9.80 Å². The molecule has 0 spiro atoms. The van der Waals surface area contributed by atoms with Crippen LogP contribution in [0, 0.1) is 0 Å². The number of hydrogen-bond acceptors (Lipinski definition) is 9. The van der Waals surface area contributed by atoms with Crippen molar-refractivity contribution in [2.24, 2.45) is 0 Å². The van der Waals surface area contributed by atoms with Gasteiger partial charge in [-0.05, 0) is 48.5 Å². The van der Waals surface area contributed by atoms with E-state index in [9.17, 15) is 4.79 Å². The Labute approximate surface area is 215 Å². The number of furan rings is 4. The summed E-state index contributed by atoms with van der Waals surface area (Å²) in [6, 6.07) is 14.9. The van der Waals surface area contributed by atoms with E-state index in [0.717, 1.165) is 31.3 Å². The van der Waals surface area contributed by atoms with E-state index in [2.05, 4.69) is 0 Å². The maximum atomic E-state index is 13.3. The molecule has 2 aliphatic heterocycles. The predicted octanol–water partition coefficient (Wildman–Crippen LogP) is 7.02. The Morgan fingerprint density at radius 3 is 1.33 bits per heavy atom. The van der Waals surface area contributed by atoms with E-state index < -0.39 is 0 Å². The van der Waals surface area contributed by atoms with Gasteiger partial charge in [-0.25, -0.2) is 0 Å². The first kappa shape index (κ1) is 22.5. The molecule has 180 valence electrons. The second-order valence-corrected chi connectivity index (χ2v) is 10.0. The van der Waals surface area contributed by atoms with Crippen molar-refractivity contribution in [3.63, 3.8) is 0 Å². The molecule has 0 fully saturated rings. The monoisotopic (exact) mass is 516 g/mol. The van der Waals surface area contributed by atoms with E-state index in [-0.39, 0.29) is 5.78 Å². The van der Waals surface area contributed by atoms with Crippen LogP contribution in [0.2, 0.25) is 0 Å². The molecule has 0 bridgehead atoms. The fourth-order valence-corrected chi connectivity index (χ4v) is 6.36. The van der Waals surface area contributed by atoms with Crippen LogP contribution in [0.3, 0.4) is 0 Å². The zero-order valence-corrected chi connectivity index (χ0v) is 21.0. The molecule has 0 atom stereocenters. The van der Waals surface area contributed by atoms with Gasteiger partial charge in [0.05, 0.1) is 44.9 Å². The van der Waals surface area contributed by atoms with Gasteiger partial charge in [-0.1, -0.05) is 23.5 Å². The van der Waals surface area contributed by atoms with Crippen LogP contribution in [0.1, 0.15) is 23.0 Å². The van der Waals surface area contributed by atoms with Gasteiger partial charge < -0.3 is 27.5 Å². The minimum absolute atomic E-state index is 0.141. The third kappa shape index (κ3) is 3.96. The molecule has 7 nitrogen and oxygen atoms in total. The fourth-order valence-electron chi connectivity index (χ4n) is 4.04. The van der Waals surface area contributed by atoms with Gasteiger partial charge in [0.2, 0.25) is 0 Å². The van der Waals surface area contributed by atoms with Crippen molar-refractivity contribution < 1.29 is 22.5 Å². The lowest BCUT2D eigenvalue weighted by Crippen LogP contribution is -2.12. The molecule has 9 heteroatoms. The molecule has 0 aliphatic carbocycles. The number of rotatable bonds is 6. The lowest BCUT2D eigenvalue weighted by molar-refractivity contribution is -0.110. The highest BCUT2D eigenvalue weighted by Gasteiger charge is 2.33. The van der Waals surface area contributed by atoms with E-state index in [1.54, 1.807) is 37.2 Å². The summed E-state index contributed by atoms with van der Waals surface area (Å²) in [5.41, 5.74) is 1.70. The zero-order valence-electron chi connectivity index (χ0n) is 19.3. The SMILES string of the molecule is CN1C(c2ccco2)=C(c2ccco2)S/C1=C\C(=O)/C=C1\SC(c2ccco2)=C(c2ccco2)N1C. The highest BCUT2D eigenvalue weighted by molar-refractivity contribution is 8.12. The van der Waals surface area contributed by atoms with E-state index in [1.165, 1.54) is 23.5 Å². The molecular weight excluding hydrogens is 496 g/mol. The van der Waals surface area contributed by atoms with E-state index >= 15 is 0 Å². The molecule has 0 N–H and O–H groups in total. The third-order valence-electron chi connectivity index (χ3n) is 5.71. The lowest BCUT2D eigenvalue weighted by atomic mass is 10.2. The largest absolute Gasteiger partial charge is 0.464 e. The second-order valence-electron chi connectivity index (χ2n) is 7.95. The molecule has 4 aromatic heterocycles. The van der Waals surface area contributed by atoms with Gasteiger partial charge in [-0.3, -0.25) is 4.79 Å². The summed E-state index contributed by atoms with van der Waals surface area (Å²) < 4.78 is 22.7. The van der Waals surface area contributed by atoms with Gasteiger partial charge in [0, 0.05) is 26.2 Å². The van der Waals surface area contributed by atoms with Crippen LogP contribution in [0.15, 0.2) is 113 Å². The number of carbonyl (C=O) groups excluding carboxylic acids is 1. The summed E-state index contributed by atoms with van der Waals surface area (Å²) in [4.78, 5) is 18.9. The van der Waals surface area contributed by atoms with Gasteiger partial charge >= 0.3 is 0 Å². The zero-order chi connectivity index (χ0) is 24.6. The standard InChI is InChI=1S/C27H20N2O5S2/c1-28-22(35-26(20-9-5-13-33-20)24(28)18-7-3-11-31-18)15-17(30)16-23-29(2)25(19-8-4-12-32-19)27(36-23)21-10-6-14-34-21/h3-16H,1-2H3/b22-15-,23-16-. The summed E-state index contributed by atoms with van der Waals surface area (Å²) in [5.74, 6) is 2.69. The van der Waals surface area contributed by atoms with Crippen LogP contribution >= 0.6 is 23.5 Å². The molecule has 4 aromatic rings. The lowest BCUT2D eigenvalue weighted by Gasteiger charge is -2.16. The van der Waals surface area contributed by atoms with Crippen molar-refractivity contribution in [3.8, 4) is 0 Å². The van der Waals surface area contributed by atoms with Crippen molar-refractivity contribution in [2.45, 2.75) is 0 Å². The van der Waals surface area contributed by atoms with Crippen LogP contribution in [0.4, 0.5) is 0 Å². The van der Waals surface area contributed by atoms with Crippen LogP contribution < -0.4 is 0 Å². The van der Waals surface area contributed by atoms with Crippen LogP contribution in [-0.2, 0) is 4.79 Å². The molecule has 0 saturated carbocycles. The number of carbonyl (C=O) groups is 1. The van der Waals surface area contributed by atoms with Crippen molar-refractivity contribution in [3.05, 3.63) is 119 Å². The Bertz CT molecular complexity index is 1390. The van der Waals surface area contributed by atoms with Crippen molar-refractivity contribution in [2.75, 3.05) is 14.1 Å². The molecule has 0 radical (unpaired) electrons. The summed E-state index contributed by atoms with van der Waals surface area (Å²) in [6.07, 6.45) is 9.78. The minimum atomic E-state index is -0.141. The Morgan fingerprint density at radius 1 is 0.639 bits per heavy atom. The first-order valence-corrected chi connectivity index (χ1v) is 12.7. The van der Waals surface area contributed by atoms with Crippen LogP contribution in [-0.4, -0.2) is 29.7 Å². The molecule has 0 unspecified atom stereocenters. The van der Waals surface area contributed by atoms with Gasteiger partial charge in [-0.2, -0.15) is 0 Å². The summed E-state index contributed by atoms with van der Waals surface area (Å²) in [5, 5.41) is 1.54. The Balaban J connectivity index is 1.30. The van der Waals surface area contributed by atoms with Crippen LogP contribution in [0.5, 0.6) is 0 Å². The molecule has 2 aliphatic rings. The summed E-state index contributed by atoms with van der Waals surface area (Å²) in [7, 11) is 3.82. The van der Waals surface area contributed by atoms with E-state index in [1.807, 2.05) is 72.4 Å². The van der Waals surface area contributed by atoms with Crippen molar-refractivity contribution in [1.29, 1.82) is 0 Å². The normalized spacial score (nSPS) is 18.5. The molecular formula is C27H20N2O5S2. The Kier molecular flexibility index (Phi) is 5.79. The molecule has 0 aromatic carbocycles. The van der Waals surface area contributed by atoms with Gasteiger partial charge in [0.1, 0.15) is 22.9 Å². The van der Waals surface area contributed by atoms with Gasteiger partial charge in [-0.15, -0.1) is 0 Å². The van der Waals surface area contributed by atoms with Gasteiger partial charge in [0.25, 0.3) is 0 Å². The topological polar surface area (TPSA) is 76.1 Å². The predicted molar refractivity (Wildman–Crippen MR) is 140 cm³/mol. The number of allylic oxidation sites excluding steroid dienone is 2. The minimum Gasteiger partial charge on any atom is -0.464 e. The molecule has 6 rings (SSSR count). The third-order valence-corrected chi connectivity index (χ3v) is 8.10.